The molecule has 0 N–H and O–H groups in total. The summed E-state index contributed by atoms with van der Waals surface area (Å²) in [7, 11) is -3.19. The first-order valence-corrected chi connectivity index (χ1v) is 11.1. The number of hydrogen-bond donors (Lipinski definition) is 0. The molecule has 0 bridgehead atoms. The first-order chi connectivity index (χ1) is 13.2. The van der Waals surface area contributed by atoms with Crippen molar-refractivity contribution in [2.45, 2.75) is 39.0 Å². The molecule has 28 heavy (non-hydrogen) atoms. The quantitative estimate of drug-likeness (QED) is 0.739. The number of nitrogens with zero attached hydrogens (tertiary/aromatic N) is 1. The first kappa shape index (κ1) is 20.3. The Morgan fingerprint density at radius 1 is 1.18 bits per heavy atom. The summed E-state index contributed by atoms with van der Waals surface area (Å²) in [6.07, 6.45) is 0.375. The van der Waals surface area contributed by atoms with Gasteiger partial charge in [-0.15, -0.1) is 0 Å². The van der Waals surface area contributed by atoms with Gasteiger partial charge in [-0.25, -0.2) is 12.8 Å². The Morgan fingerprint density at radius 3 is 2.43 bits per heavy atom. The zero-order valence-corrected chi connectivity index (χ0v) is 16.8. The molecular formula is C21H24FNO4S. The standard InChI is InChI=1S/C21H24FNO4S/c1-15(2)27-19-9-7-16(8-10-19)21(24)23(18-11-12-28(25,26)14-18)13-17-5-3-4-6-20(17)22/h3-10,15,18H,11-14H2,1-2H3. The monoisotopic (exact) mass is 405 g/mol. The van der Waals surface area contributed by atoms with Gasteiger partial charge in [-0.2, -0.15) is 0 Å². The Bertz CT molecular complexity index is 941. The van der Waals surface area contributed by atoms with E-state index in [1.807, 2.05) is 13.8 Å². The number of halogens is 1. The van der Waals surface area contributed by atoms with Crippen LogP contribution in [0.3, 0.4) is 0 Å². The SMILES string of the molecule is CC(C)Oc1ccc(C(=O)N(Cc2ccccc2F)C2CCS(=O)(=O)C2)cc1. The molecule has 5 nitrogen and oxygen atoms in total. The Balaban J connectivity index is 1.87. The summed E-state index contributed by atoms with van der Waals surface area (Å²) in [5.74, 6) is -0.138. The summed E-state index contributed by atoms with van der Waals surface area (Å²) >= 11 is 0. The third-order valence-corrected chi connectivity index (χ3v) is 6.43. The third-order valence-electron chi connectivity index (χ3n) is 4.68. The van der Waals surface area contributed by atoms with Gasteiger partial charge in [0.1, 0.15) is 11.6 Å². The van der Waals surface area contributed by atoms with E-state index in [2.05, 4.69) is 0 Å². The molecule has 1 amide bonds. The number of sulfone groups is 1. The molecule has 3 rings (SSSR count). The highest BCUT2D eigenvalue weighted by molar-refractivity contribution is 7.91. The predicted molar refractivity (Wildman–Crippen MR) is 106 cm³/mol. The third kappa shape index (κ3) is 4.90. The second kappa shape index (κ2) is 8.31. The molecule has 0 radical (unpaired) electrons. The molecule has 0 aliphatic carbocycles. The highest BCUT2D eigenvalue weighted by Gasteiger charge is 2.35. The number of benzene rings is 2. The number of amides is 1. The van der Waals surface area contributed by atoms with E-state index < -0.39 is 21.7 Å². The average molecular weight is 405 g/mol. The molecule has 1 aliphatic heterocycles. The van der Waals surface area contributed by atoms with Crippen LogP contribution in [-0.4, -0.2) is 42.9 Å². The maximum atomic E-state index is 14.2. The number of hydrogen-bond acceptors (Lipinski definition) is 4. The van der Waals surface area contributed by atoms with Crippen molar-refractivity contribution in [3.05, 3.63) is 65.5 Å². The van der Waals surface area contributed by atoms with Crippen molar-refractivity contribution in [3.63, 3.8) is 0 Å². The lowest BCUT2D eigenvalue weighted by Crippen LogP contribution is -2.40. The van der Waals surface area contributed by atoms with Gasteiger partial charge in [-0.05, 0) is 50.6 Å². The normalized spacial score (nSPS) is 18.2. The Labute approximate surface area is 165 Å². The van der Waals surface area contributed by atoms with Gasteiger partial charge in [-0.3, -0.25) is 4.79 Å². The van der Waals surface area contributed by atoms with Gasteiger partial charge in [0.15, 0.2) is 9.84 Å². The molecule has 0 spiro atoms. The molecule has 1 saturated heterocycles. The van der Waals surface area contributed by atoms with Crippen LogP contribution in [0, 0.1) is 5.82 Å². The Morgan fingerprint density at radius 2 is 1.86 bits per heavy atom. The van der Waals surface area contributed by atoms with Gasteiger partial charge in [0, 0.05) is 23.7 Å². The molecule has 2 aromatic rings. The van der Waals surface area contributed by atoms with Crippen LogP contribution in [0.2, 0.25) is 0 Å². The van der Waals surface area contributed by atoms with E-state index in [1.165, 1.54) is 11.0 Å². The molecule has 1 fully saturated rings. The van der Waals surface area contributed by atoms with E-state index in [9.17, 15) is 17.6 Å². The van der Waals surface area contributed by atoms with Crippen LogP contribution in [0.25, 0.3) is 0 Å². The minimum absolute atomic E-state index is 0.0165. The molecule has 7 heteroatoms. The van der Waals surface area contributed by atoms with Crippen molar-refractivity contribution >= 4 is 15.7 Å². The molecule has 1 unspecified atom stereocenters. The largest absolute Gasteiger partial charge is 0.491 e. The molecule has 0 aromatic heterocycles. The van der Waals surface area contributed by atoms with Crippen LogP contribution < -0.4 is 4.74 Å². The van der Waals surface area contributed by atoms with E-state index in [0.29, 0.717) is 23.3 Å². The lowest BCUT2D eigenvalue weighted by atomic mass is 10.1. The van der Waals surface area contributed by atoms with Crippen LogP contribution in [0.1, 0.15) is 36.2 Å². The lowest BCUT2D eigenvalue weighted by molar-refractivity contribution is 0.0679. The van der Waals surface area contributed by atoms with E-state index >= 15 is 0 Å². The molecule has 1 atom stereocenters. The van der Waals surface area contributed by atoms with Gasteiger partial charge < -0.3 is 9.64 Å². The average Bonchev–Trinajstić information content (AvgIpc) is 3.00. The summed E-state index contributed by atoms with van der Waals surface area (Å²) in [6.45, 7) is 3.85. The zero-order valence-electron chi connectivity index (χ0n) is 16.0. The Hall–Kier alpha value is -2.41. The van der Waals surface area contributed by atoms with Crippen molar-refractivity contribution in [2.75, 3.05) is 11.5 Å². The van der Waals surface area contributed by atoms with E-state index in [1.54, 1.807) is 42.5 Å². The van der Waals surface area contributed by atoms with Crippen molar-refractivity contribution in [3.8, 4) is 5.75 Å². The van der Waals surface area contributed by atoms with Crippen LogP contribution >= 0.6 is 0 Å². The fourth-order valence-corrected chi connectivity index (χ4v) is 5.04. The van der Waals surface area contributed by atoms with Crippen molar-refractivity contribution < 1.29 is 22.3 Å². The number of ether oxygens (including phenoxy) is 1. The number of carbonyl (C=O) groups is 1. The summed E-state index contributed by atoms with van der Waals surface area (Å²) < 4.78 is 43.6. The molecule has 0 saturated carbocycles. The summed E-state index contributed by atoms with van der Waals surface area (Å²) in [5, 5.41) is 0. The second-order valence-electron chi connectivity index (χ2n) is 7.27. The fourth-order valence-electron chi connectivity index (χ4n) is 3.31. The molecule has 1 aliphatic rings. The van der Waals surface area contributed by atoms with Gasteiger partial charge in [0.25, 0.3) is 5.91 Å². The fraction of sp³-hybridized carbons (Fsp3) is 0.381. The van der Waals surface area contributed by atoms with Gasteiger partial charge in [-0.1, -0.05) is 18.2 Å². The molecule has 1 heterocycles. The molecular weight excluding hydrogens is 381 g/mol. The van der Waals surface area contributed by atoms with Crippen LogP contribution in [0.5, 0.6) is 5.75 Å². The minimum atomic E-state index is -3.19. The minimum Gasteiger partial charge on any atom is -0.491 e. The Kier molecular flexibility index (Phi) is 6.03. The maximum absolute atomic E-state index is 14.2. The summed E-state index contributed by atoms with van der Waals surface area (Å²) in [5.41, 5.74) is 0.775. The van der Waals surface area contributed by atoms with Gasteiger partial charge in [0.05, 0.1) is 17.6 Å². The molecule has 2 aromatic carbocycles. The predicted octanol–water partition coefficient (Wildman–Crippen LogP) is 3.44. The van der Waals surface area contributed by atoms with E-state index in [-0.39, 0.29) is 30.1 Å². The summed E-state index contributed by atoms with van der Waals surface area (Å²) in [6, 6.07) is 12.5. The van der Waals surface area contributed by atoms with Crippen molar-refractivity contribution in [1.29, 1.82) is 0 Å². The lowest BCUT2D eigenvalue weighted by Gasteiger charge is -2.29. The first-order valence-electron chi connectivity index (χ1n) is 9.27. The van der Waals surface area contributed by atoms with Crippen LogP contribution in [0.15, 0.2) is 48.5 Å². The summed E-state index contributed by atoms with van der Waals surface area (Å²) in [4.78, 5) is 14.6. The van der Waals surface area contributed by atoms with Gasteiger partial charge >= 0.3 is 0 Å². The number of carbonyl (C=O) groups excluding carboxylic acids is 1. The van der Waals surface area contributed by atoms with Crippen molar-refractivity contribution in [2.24, 2.45) is 0 Å². The highest BCUT2D eigenvalue weighted by atomic mass is 32.2. The smallest absolute Gasteiger partial charge is 0.254 e. The van der Waals surface area contributed by atoms with Crippen LogP contribution in [-0.2, 0) is 16.4 Å². The van der Waals surface area contributed by atoms with E-state index in [0.717, 1.165) is 0 Å². The molecule has 150 valence electrons. The highest BCUT2D eigenvalue weighted by Crippen LogP contribution is 2.24. The topological polar surface area (TPSA) is 63.7 Å². The van der Waals surface area contributed by atoms with Crippen LogP contribution in [0.4, 0.5) is 4.39 Å². The second-order valence-corrected chi connectivity index (χ2v) is 9.50. The van der Waals surface area contributed by atoms with Gasteiger partial charge in [0.2, 0.25) is 0 Å². The van der Waals surface area contributed by atoms with E-state index in [4.69, 9.17) is 4.74 Å². The zero-order chi connectivity index (χ0) is 20.3. The maximum Gasteiger partial charge on any atom is 0.254 e. The number of rotatable bonds is 6. The van der Waals surface area contributed by atoms with Crippen molar-refractivity contribution in [1.82, 2.24) is 4.90 Å².